The highest BCUT2D eigenvalue weighted by molar-refractivity contribution is 6.06. The quantitative estimate of drug-likeness (QED) is 0.115. The van der Waals surface area contributed by atoms with Gasteiger partial charge >= 0.3 is 11.9 Å². The maximum atomic E-state index is 13.2. The Bertz CT molecular complexity index is 1100. The van der Waals surface area contributed by atoms with Gasteiger partial charge in [-0.2, -0.15) is 0 Å². The van der Waals surface area contributed by atoms with Crippen LogP contribution in [-0.2, 0) is 19.1 Å². The lowest BCUT2D eigenvalue weighted by Crippen LogP contribution is -2.43. The summed E-state index contributed by atoms with van der Waals surface area (Å²) in [6.45, 7) is 2.22. The number of esters is 1. The SMILES string of the molecule is CCCCCCCCCCCCC[C@@H](CC(N)=O)OC(=O)[C@H](CCCC(=O)O)NC(=O)c1nccc2ccccc12. The van der Waals surface area contributed by atoms with Crippen LogP contribution in [0.4, 0.5) is 0 Å². The minimum Gasteiger partial charge on any atom is -0.481 e. The zero-order chi connectivity index (χ0) is 29.9. The zero-order valence-corrected chi connectivity index (χ0v) is 24.4. The maximum Gasteiger partial charge on any atom is 0.328 e. The number of primary amides is 1. The summed E-state index contributed by atoms with van der Waals surface area (Å²) in [5.74, 6) is -2.84. The third kappa shape index (κ3) is 13.6. The van der Waals surface area contributed by atoms with Crippen LogP contribution >= 0.6 is 0 Å². The van der Waals surface area contributed by atoms with E-state index >= 15 is 0 Å². The van der Waals surface area contributed by atoms with Gasteiger partial charge < -0.3 is 20.9 Å². The molecule has 2 aromatic rings. The Morgan fingerprint density at radius 2 is 1.51 bits per heavy atom. The molecule has 226 valence electrons. The van der Waals surface area contributed by atoms with E-state index in [1.54, 1.807) is 18.2 Å². The Labute approximate surface area is 243 Å². The van der Waals surface area contributed by atoms with Gasteiger partial charge in [-0.3, -0.25) is 19.4 Å². The minimum absolute atomic E-state index is 0.0728. The van der Waals surface area contributed by atoms with Crippen LogP contribution < -0.4 is 11.1 Å². The smallest absolute Gasteiger partial charge is 0.328 e. The van der Waals surface area contributed by atoms with Gasteiger partial charge in [-0.1, -0.05) is 95.4 Å². The number of aliphatic carboxylic acids is 1. The summed E-state index contributed by atoms with van der Waals surface area (Å²) in [6.07, 6.45) is 14.2. The molecule has 0 radical (unpaired) electrons. The van der Waals surface area contributed by atoms with Gasteiger partial charge in [0.05, 0.1) is 6.42 Å². The minimum atomic E-state index is -1.09. The largest absolute Gasteiger partial charge is 0.481 e. The van der Waals surface area contributed by atoms with E-state index in [1.165, 1.54) is 51.1 Å². The zero-order valence-electron chi connectivity index (χ0n) is 24.4. The molecule has 0 aliphatic heterocycles. The van der Waals surface area contributed by atoms with E-state index in [-0.39, 0.29) is 31.4 Å². The van der Waals surface area contributed by atoms with Crippen LogP contribution in [0.1, 0.15) is 120 Å². The fourth-order valence-corrected chi connectivity index (χ4v) is 4.94. The van der Waals surface area contributed by atoms with Crippen LogP contribution in [0.25, 0.3) is 10.8 Å². The van der Waals surface area contributed by atoms with E-state index in [1.807, 2.05) is 12.1 Å². The maximum absolute atomic E-state index is 13.2. The van der Waals surface area contributed by atoms with Gasteiger partial charge in [-0.05, 0) is 37.1 Å². The number of carbonyl (C=O) groups excluding carboxylic acids is 3. The number of carbonyl (C=O) groups is 4. The number of hydrogen-bond acceptors (Lipinski definition) is 6. The van der Waals surface area contributed by atoms with Gasteiger partial charge in [-0.25, -0.2) is 4.79 Å². The number of aromatic nitrogens is 1. The molecule has 0 aliphatic carbocycles. The number of unbranched alkanes of at least 4 members (excludes halogenated alkanes) is 10. The highest BCUT2D eigenvalue weighted by Crippen LogP contribution is 2.18. The molecule has 1 aromatic carbocycles. The fourth-order valence-electron chi connectivity index (χ4n) is 4.94. The topological polar surface area (TPSA) is 149 Å². The van der Waals surface area contributed by atoms with Crippen molar-refractivity contribution < 1.29 is 29.0 Å². The molecule has 0 saturated carbocycles. The van der Waals surface area contributed by atoms with Gasteiger partial charge in [0.1, 0.15) is 17.8 Å². The van der Waals surface area contributed by atoms with Gasteiger partial charge in [0, 0.05) is 18.0 Å². The second kappa shape index (κ2) is 19.6. The molecule has 0 fully saturated rings. The summed E-state index contributed by atoms with van der Waals surface area (Å²) < 4.78 is 5.67. The van der Waals surface area contributed by atoms with Crippen molar-refractivity contribution in [1.29, 1.82) is 0 Å². The van der Waals surface area contributed by atoms with Crippen LogP contribution in [0.2, 0.25) is 0 Å². The molecule has 41 heavy (non-hydrogen) atoms. The average Bonchev–Trinajstić information content (AvgIpc) is 2.94. The number of carboxylic acids is 1. The standard InChI is InChI=1S/C32H47N3O6/c1-2-3-4-5-6-7-8-9-10-11-12-17-25(23-28(33)36)41-32(40)27(19-15-20-29(37)38)35-31(39)30-26-18-14-13-16-24(26)21-22-34-30/h13-14,16,18,21-22,25,27H,2-12,15,17,19-20,23H2,1H3,(H2,33,36)(H,35,39)(H,37,38)/t25-,27-/m0/s1. The first kappa shape index (κ1) is 33.7. The molecule has 2 amide bonds. The Hall–Kier alpha value is -3.49. The van der Waals surface area contributed by atoms with E-state index in [4.69, 9.17) is 15.6 Å². The molecule has 9 nitrogen and oxygen atoms in total. The number of nitrogens with one attached hydrogen (secondary N) is 1. The molecule has 0 saturated heterocycles. The predicted octanol–water partition coefficient (Wildman–Crippen LogP) is 6.08. The Morgan fingerprint density at radius 3 is 2.15 bits per heavy atom. The van der Waals surface area contributed by atoms with Crippen LogP contribution in [-0.4, -0.2) is 46.0 Å². The molecule has 0 spiro atoms. The predicted molar refractivity (Wildman–Crippen MR) is 159 cm³/mol. The van der Waals surface area contributed by atoms with Crippen molar-refractivity contribution in [3.8, 4) is 0 Å². The third-order valence-corrected chi connectivity index (χ3v) is 7.20. The average molecular weight is 570 g/mol. The van der Waals surface area contributed by atoms with Crippen molar-refractivity contribution in [1.82, 2.24) is 10.3 Å². The van der Waals surface area contributed by atoms with E-state index in [0.717, 1.165) is 31.1 Å². The lowest BCUT2D eigenvalue weighted by molar-refractivity contribution is -0.153. The Morgan fingerprint density at radius 1 is 0.878 bits per heavy atom. The first-order valence-corrected chi connectivity index (χ1v) is 15.2. The number of hydrogen-bond donors (Lipinski definition) is 3. The lowest BCUT2D eigenvalue weighted by Gasteiger charge is -2.22. The second-order valence-electron chi connectivity index (χ2n) is 10.7. The first-order valence-electron chi connectivity index (χ1n) is 15.2. The van der Waals surface area contributed by atoms with E-state index in [0.29, 0.717) is 11.8 Å². The number of fused-ring (bicyclic) bond motifs is 1. The highest BCUT2D eigenvalue weighted by Gasteiger charge is 2.27. The number of rotatable bonds is 22. The van der Waals surface area contributed by atoms with Crippen molar-refractivity contribution in [2.24, 2.45) is 5.73 Å². The van der Waals surface area contributed by atoms with Crippen molar-refractivity contribution in [2.75, 3.05) is 0 Å². The number of nitrogens with two attached hydrogens (primary N) is 1. The molecule has 0 unspecified atom stereocenters. The number of benzene rings is 1. The summed E-state index contributed by atoms with van der Waals surface area (Å²) >= 11 is 0. The van der Waals surface area contributed by atoms with Crippen molar-refractivity contribution >= 4 is 34.5 Å². The Balaban J connectivity index is 1.92. The summed E-state index contributed by atoms with van der Waals surface area (Å²) in [4.78, 5) is 53.3. The Kier molecular flexibility index (Phi) is 16.1. The molecule has 2 rings (SSSR count). The third-order valence-electron chi connectivity index (χ3n) is 7.20. The van der Waals surface area contributed by atoms with E-state index in [9.17, 15) is 19.2 Å². The fraction of sp³-hybridized carbons (Fsp3) is 0.594. The molecule has 2 atom stereocenters. The summed E-state index contributed by atoms with van der Waals surface area (Å²) in [6, 6.07) is 7.97. The molecule has 0 aliphatic rings. The normalized spacial score (nSPS) is 12.5. The molecule has 9 heteroatoms. The molecule has 0 bridgehead atoms. The molecular weight excluding hydrogens is 522 g/mol. The van der Waals surface area contributed by atoms with Crippen molar-refractivity contribution in [3.05, 3.63) is 42.2 Å². The summed E-state index contributed by atoms with van der Waals surface area (Å²) in [5, 5.41) is 13.2. The first-order chi connectivity index (χ1) is 19.8. The van der Waals surface area contributed by atoms with Gasteiger partial charge in [0.25, 0.3) is 5.91 Å². The number of ether oxygens (including phenoxy) is 1. The van der Waals surface area contributed by atoms with E-state index < -0.39 is 35.9 Å². The van der Waals surface area contributed by atoms with Crippen LogP contribution in [0.3, 0.4) is 0 Å². The molecule has 4 N–H and O–H groups in total. The van der Waals surface area contributed by atoms with Gasteiger partial charge in [0.2, 0.25) is 5.91 Å². The number of carboxylic acid groups (broad SMARTS) is 1. The van der Waals surface area contributed by atoms with Gasteiger partial charge in [-0.15, -0.1) is 0 Å². The van der Waals surface area contributed by atoms with Crippen molar-refractivity contribution in [3.63, 3.8) is 0 Å². The summed E-state index contributed by atoms with van der Waals surface area (Å²) in [7, 11) is 0. The summed E-state index contributed by atoms with van der Waals surface area (Å²) in [5.41, 5.74) is 5.58. The number of amides is 2. The second-order valence-corrected chi connectivity index (χ2v) is 10.7. The van der Waals surface area contributed by atoms with Crippen LogP contribution in [0.5, 0.6) is 0 Å². The van der Waals surface area contributed by atoms with E-state index in [2.05, 4.69) is 17.2 Å². The number of nitrogens with zero attached hydrogens (tertiary/aromatic N) is 1. The van der Waals surface area contributed by atoms with Crippen molar-refractivity contribution in [2.45, 2.75) is 122 Å². The number of pyridine rings is 1. The van der Waals surface area contributed by atoms with Crippen LogP contribution in [0, 0.1) is 0 Å². The monoisotopic (exact) mass is 569 g/mol. The lowest BCUT2D eigenvalue weighted by atomic mass is 10.0. The molecular formula is C32H47N3O6. The highest BCUT2D eigenvalue weighted by atomic mass is 16.5. The van der Waals surface area contributed by atoms with Gasteiger partial charge in [0.15, 0.2) is 0 Å². The molecule has 1 aromatic heterocycles. The molecule has 1 heterocycles. The van der Waals surface area contributed by atoms with Crippen LogP contribution in [0.15, 0.2) is 36.5 Å².